The molecule has 0 saturated carbocycles. The molecule has 132 valence electrons. The van der Waals surface area contributed by atoms with Crippen LogP contribution in [-0.2, 0) is 11.3 Å². The second-order valence-corrected chi connectivity index (χ2v) is 6.19. The summed E-state index contributed by atoms with van der Waals surface area (Å²) < 4.78 is 14.0. The Kier molecular flexibility index (Phi) is 6.00. The van der Waals surface area contributed by atoms with Gasteiger partial charge in [-0.3, -0.25) is 10.1 Å². The molecule has 0 aliphatic rings. The molecule has 0 bridgehead atoms. The van der Waals surface area contributed by atoms with Crippen molar-refractivity contribution in [3.8, 4) is 0 Å². The first-order chi connectivity index (χ1) is 12.6. The molecule has 0 saturated heterocycles. The zero-order chi connectivity index (χ0) is 18.4. The van der Waals surface area contributed by atoms with Crippen LogP contribution in [0.1, 0.15) is 17.2 Å². The van der Waals surface area contributed by atoms with Gasteiger partial charge in [-0.1, -0.05) is 66.2 Å². The molecule has 5 heteroatoms. The number of carbonyl (C=O) groups is 1. The normalized spacial score (nSPS) is 11.8. The SMILES string of the molecule is O=C(Nc1ccccc1)C(NCc1c(F)cccc1Cl)c1ccccc1. The third-order valence-electron chi connectivity index (χ3n) is 3.98. The summed E-state index contributed by atoms with van der Waals surface area (Å²) in [6.45, 7) is 0.132. The van der Waals surface area contributed by atoms with Crippen molar-refractivity contribution in [1.82, 2.24) is 5.32 Å². The van der Waals surface area contributed by atoms with Gasteiger partial charge < -0.3 is 5.32 Å². The number of carbonyl (C=O) groups excluding carboxylic acids is 1. The molecular formula is C21H18ClFN2O. The van der Waals surface area contributed by atoms with Crippen LogP contribution >= 0.6 is 11.6 Å². The maximum Gasteiger partial charge on any atom is 0.246 e. The average molecular weight is 369 g/mol. The fraction of sp³-hybridized carbons (Fsp3) is 0.0952. The minimum atomic E-state index is -0.646. The smallest absolute Gasteiger partial charge is 0.246 e. The van der Waals surface area contributed by atoms with Crippen molar-refractivity contribution in [3.63, 3.8) is 0 Å². The van der Waals surface area contributed by atoms with Gasteiger partial charge in [-0.15, -0.1) is 0 Å². The Balaban J connectivity index is 1.81. The standard InChI is InChI=1S/C21H18ClFN2O/c22-18-12-7-13-19(23)17(18)14-24-20(15-8-3-1-4-9-15)21(26)25-16-10-5-2-6-11-16/h1-13,20,24H,14H2,(H,25,26). The quantitative estimate of drug-likeness (QED) is 0.646. The lowest BCUT2D eigenvalue weighted by molar-refractivity contribution is -0.118. The molecule has 3 aromatic carbocycles. The van der Waals surface area contributed by atoms with E-state index in [4.69, 9.17) is 11.6 Å². The molecule has 1 amide bonds. The molecule has 0 aliphatic heterocycles. The number of amides is 1. The summed E-state index contributed by atoms with van der Waals surface area (Å²) in [5, 5.41) is 6.32. The van der Waals surface area contributed by atoms with Crippen molar-refractivity contribution in [3.05, 3.63) is 101 Å². The van der Waals surface area contributed by atoms with Gasteiger partial charge in [0, 0.05) is 22.8 Å². The van der Waals surface area contributed by atoms with Crippen LogP contribution < -0.4 is 10.6 Å². The Morgan fingerprint density at radius 3 is 2.23 bits per heavy atom. The van der Waals surface area contributed by atoms with Gasteiger partial charge in [0.05, 0.1) is 0 Å². The summed E-state index contributed by atoms with van der Waals surface area (Å²) in [4.78, 5) is 12.8. The van der Waals surface area contributed by atoms with Crippen LogP contribution in [0.2, 0.25) is 5.02 Å². The van der Waals surface area contributed by atoms with E-state index in [1.807, 2.05) is 60.7 Å². The number of hydrogen-bond donors (Lipinski definition) is 2. The van der Waals surface area contributed by atoms with Gasteiger partial charge in [0.2, 0.25) is 5.91 Å². The number of halogens is 2. The Labute approximate surface area is 156 Å². The van der Waals surface area contributed by atoms with Crippen LogP contribution in [-0.4, -0.2) is 5.91 Å². The second kappa shape index (κ2) is 8.61. The molecule has 2 N–H and O–H groups in total. The van der Waals surface area contributed by atoms with Gasteiger partial charge in [-0.25, -0.2) is 4.39 Å². The second-order valence-electron chi connectivity index (χ2n) is 5.78. The number of nitrogens with one attached hydrogen (secondary N) is 2. The van der Waals surface area contributed by atoms with E-state index in [0.29, 0.717) is 16.3 Å². The summed E-state index contributed by atoms with van der Waals surface area (Å²) in [6.07, 6.45) is 0. The first-order valence-electron chi connectivity index (χ1n) is 8.22. The van der Waals surface area contributed by atoms with Gasteiger partial charge in [0.25, 0.3) is 0 Å². The lowest BCUT2D eigenvalue weighted by Crippen LogP contribution is -2.33. The van der Waals surface area contributed by atoms with Gasteiger partial charge in [0.15, 0.2) is 0 Å². The molecule has 0 radical (unpaired) electrons. The van der Waals surface area contributed by atoms with Crippen molar-refractivity contribution in [1.29, 1.82) is 0 Å². The molecular weight excluding hydrogens is 351 g/mol. The van der Waals surface area contributed by atoms with Crippen molar-refractivity contribution in [2.75, 3.05) is 5.32 Å². The van der Waals surface area contributed by atoms with E-state index >= 15 is 0 Å². The molecule has 26 heavy (non-hydrogen) atoms. The summed E-state index contributed by atoms with van der Waals surface area (Å²) >= 11 is 6.09. The molecule has 0 heterocycles. The van der Waals surface area contributed by atoms with E-state index in [1.54, 1.807) is 12.1 Å². The van der Waals surface area contributed by atoms with Gasteiger partial charge in [0.1, 0.15) is 11.9 Å². The highest BCUT2D eigenvalue weighted by Crippen LogP contribution is 2.21. The highest BCUT2D eigenvalue weighted by atomic mass is 35.5. The molecule has 0 spiro atoms. The zero-order valence-electron chi connectivity index (χ0n) is 14.0. The fourth-order valence-corrected chi connectivity index (χ4v) is 2.88. The van der Waals surface area contributed by atoms with E-state index < -0.39 is 11.9 Å². The number of hydrogen-bond acceptors (Lipinski definition) is 2. The van der Waals surface area contributed by atoms with Crippen molar-refractivity contribution in [2.24, 2.45) is 0 Å². The highest BCUT2D eigenvalue weighted by Gasteiger charge is 2.21. The molecule has 3 aromatic rings. The molecule has 0 fully saturated rings. The molecule has 3 rings (SSSR count). The largest absolute Gasteiger partial charge is 0.324 e. The van der Waals surface area contributed by atoms with Gasteiger partial charge >= 0.3 is 0 Å². The molecule has 3 nitrogen and oxygen atoms in total. The summed E-state index contributed by atoms with van der Waals surface area (Å²) in [5.74, 6) is -0.629. The lowest BCUT2D eigenvalue weighted by Gasteiger charge is -2.19. The van der Waals surface area contributed by atoms with E-state index in [9.17, 15) is 9.18 Å². The van der Waals surface area contributed by atoms with Crippen LogP contribution in [0.5, 0.6) is 0 Å². The van der Waals surface area contributed by atoms with E-state index in [-0.39, 0.29) is 12.5 Å². The maximum absolute atomic E-state index is 14.0. The predicted octanol–water partition coefficient (Wildman–Crippen LogP) is 4.95. The summed E-state index contributed by atoms with van der Waals surface area (Å²) in [6, 6.07) is 22.4. The van der Waals surface area contributed by atoms with Crippen molar-refractivity contribution in [2.45, 2.75) is 12.6 Å². The van der Waals surface area contributed by atoms with E-state index in [1.165, 1.54) is 6.07 Å². The van der Waals surface area contributed by atoms with Crippen LogP contribution in [0.15, 0.2) is 78.9 Å². The minimum absolute atomic E-state index is 0.132. The minimum Gasteiger partial charge on any atom is -0.324 e. The Morgan fingerprint density at radius 2 is 1.58 bits per heavy atom. The molecule has 0 aromatic heterocycles. The monoisotopic (exact) mass is 368 g/mol. The van der Waals surface area contributed by atoms with Crippen LogP contribution in [0.4, 0.5) is 10.1 Å². The summed E-state index contributed by atoms with van der Waals surface area (Å²) in [5.41, 5.74) is 1.82. The number of rotatable bonds is 6. The van der Waals surface area contributed by atoms with Crippen LogP contribution in [0.25, 0.3) is 0 Å². The van der Waals surface area contributed by atoms with Crippen LogP contribution in [0, 0.1) is 5.82 Å². The Hall–Kier alpha value is -2.69. The molecule has 1 unspecified atom stereocenters. The number of benzene rings is 3. The predicted molar refractivity (Wildman–Crippen MR) is 103 cm³/mol. The third-order valence-corrected chi connectivity index (χ3v) is 4.34. The van der Waals surface area contributed by atoms with E-state index in [0.717, 1.165) is 5.56 Å². The Bertz CT molecular complexity index is 851. The molecule has 0 aliphatic carbocycles. The van der Waals surface area contributed by atoms with Gasteiger partial charge in [-0.05, 0) is 29.8 Å². The first-order valence-corrected chi connectivity index (χ1v) is 8.60. The average Bonchev–Trinajstić information content (AvgIpc) is 2.66. The first kappa shape index (κ1) is 18.1. The summed E-state index contributed by atoms with van der Waals surface area (Å²) in [7, 11) is 0. The number of para-hydroxylation sites is 1. The van der Waals surface area contributed by atoms with Crippen molar-refractivity contribution >= 4 is 23.2 Å². The maximum atomic E-state index is 14.0. The fourth-order valence-electron chi connectivity index (χ4n) is 2.65. The number of anilines is 1. The molecule has 1 atom stereocenters. The third kappa shape index (κ3) is 4.48. The zero-order valence-corrected chi connectivity index (χ0v) is 14.7. The van der Waals surface area contributed by atoms with Gasteiger partial charge in [-0.2, -0.15) is 0 Å². The topological polar surface area (TPSA) is 41.1 Å². The van der Waals surface area contributed by atoms with E-state index in [2.05, 4.69) is 10.6 Å². The highest BCUT2D eigenvalue weighted by molar-refractivity contribution is 6.31. The van der Waals surface area contributed by atoms with Crippen molar-refractivity contribution < 1.29 is 9.18 Å². The lowest BCUT2D eigenvalue weighted by atomic mass is 10.1. The van der Waals surface area contributed by atoms with Crippen LogP contribution in [0.3, 0.4) is 0 Å². The Morgan fingerprint density at radius 1 is 0.923 bits per heavy atom.